The minimum Gasteiger partial charge on any atom is -0.439 e. The average Bonchev–Trinajstić information content (AvgIpc) is 3.03. The molecular formula is C20H14N4O6S. The average molecular weight is 438 g/mol. The van der Waals surface area contributed by atoms with Crippen molar-refractivity contribution in [2.75, 3.05) is 4.72 Å². The van der Waals surface area contributed by atoms with Crippen molar-refractivity contribution in [1.82, 2.24) is 10.3 Å². The van der Waals surface area contributed by atoms with E-state index in [1.165, 1.54) is 36.5 Å². The quantitative estimate of drug-likeness (QED) is 0.494. The van der Waals surface area contributed by atoms with E-state index < -0.39 is 27.7 Å². The maximum Gasteiger partial charge on any atom is 0.261 e. The van der Waals surface area contributed by atoms with Gasteiger partial charge >= 0.3 is 0 Å². The molecule has 0 atom stereocenters. The molecule has 2 aromatic carbocycles. The highest BCUT2D eigenvalue weighted by Crippen LogP contribution is 2.24. The second-order valence-electron chi connectivity index (χ2n) is 6.48. The van der Waals surface area contributed by atoms with Crippen molar-refractivity contribution in [2.45, 2.75) is 4.90 Å². The molecule has 4 rings (SSSR count). The molecule has 3 aromatic rings. The SMILES string of the molecule is NC(=O)c1cccc(Oc2ccc(NS(=O)(=O)c3ccc4c(c3)C(=O)NC4=O)cn2)c1. The summed E-state index contributed by atoms with van der Waals surface area (Å²) in [5, 5.41) is 2.10. The predicted molar refractivity (Wildman–Crippen MR) is 108 cm³/mol. The lowest BCUT2D eigenvalue weighted by Gasteiger charge is -2.10. The van der Waals surface area contributed by atoms with E-state index in [4.69, 9.17) is 10.5 Å². The standard InChI is InChI=1S/C20H14N4O6S/c21-18(25)11-2-1-3-13(8-11)30-17-7-4-12(10-22-17)24-31(28,29)14-5-6-15-16(9-14)20(27)23-19(15)26/h1-10,24H,(H2,21,25)(H,23,26,27). The normalized spacial score (nSPS) is 12.8. The van der Waals surface area contributed by atoms with E-state index in [2.05, 4.69) is 15.0 Å². The van der Waals surface area contributed by atoms with Crippen molar-refractivity contribution < 1.29 is 27.5 Å². The number of aromatic nitrogens is 1. The number of fused-ring (bicyclic) bond motifs is 1. The fraction of sp³-hybridized carbons (Fsp3) is 0. The number of hydrogen-bond donors (Lipinski definition) is 3. The highest BCUT2D eigenvalue weighted by atomic mass is 32.2. The number of carbonyl (C=O) groups excluding carboxylic acids is 3. The second-order valence-corrected chi connectivity index (χ2v) is 8.16. The maximum absolute atomic E-state index is 12.6. The Morgan fingerprint density at radius 3 is 2.48 bits per heavy atom. The van der Waals surface area contributed by atoms with Gasteiger partial charge in [-0.2, -0.15) is 0 Å². The summed E-state index contributed by atoms with van der Waals surface area (Å²) < 4.78 is 33.2. The number of primary amides is 1. The fourth-order valence-electron chi connectivity index (χ4n) is 2.86. The Labute approximate surface area is 176 Å². The molecule has 11 heteroatoms. The number of nitrogens with two attached hydrogens (primary N) is 1. The molecule has 10 nitrogen and oxygen atoms in total. The van der Waals surface area contributed by atoms with Crippen LogP contribution in [0.2, 0.25) is 0 Å². The van der Waals surface area contributed by atoms with E-state index >= 15 is 0 Å². The number of benzene rings is 2. The van der Waals surface area contributed by atoms with E-state index in [0.717, 1.165) is 6.07 Å². The number of pyridine rings is 1. The summed E-state index contributed by atoms with van der Waals surface area (Å²) in [4.78, 5) is 38.5. The third kappa shape index (κ3) is 4.07. The molecule has 0 saturated heterocycles. The zero-order valence-electron chi connectivity index (χ0n) is 15.7. The van der Waals surface area contributed by atoms with Gasteiger partial charge in [-0.05, 0) is 42.5 Å². The van der Waals surface area contributed by atoms with E-state index in [9.17, 15) is 22.8 Å². The Morgan fingerprint density at radius 2 is 1.77 bits per heavy atom. The molecule has 1 aliphatic heterocycles. The molecule has 0 aliphatic carbocycles. The van der Waals surface area contributed by atoms with Gasteiger partial charge in [-0.3, -0.25) is 24.4 Å². The third-order valence-corrected chi connectivity index (χ3v) is 5.73. The Morgan fingerprint density at radius 1 is 1.00 bits per heavy atom. The molecule has 31 heavy (non-hydrogen) atoms. The topological polar surface area (TPSA) is 158 Å². The predicted octanol–water partition coefficient (Wildman–Crippen LogP) is 1.66. The van der Waals surface area contributed by atoms with E-state index in [1.807, 2.05) is 0 Å². The first-order chi connectivity index (χ1) is 14.7. The van der Waals surface area contributed by atoms with Crippen LogP contribution in [0.5, 0.6) is 11.6 Å². The monoisotopic (exact) mass is 438 g/mol. The lowest BCUT2D eigenvalue weighted by atomic mass is 10.1. The van der Waals surface area contributed by atoms with Crippen LogP contribution in [0.15, 0.2) is 65.7 Å². The first kappa shape index (κ1) is 20.0. The highest BCUT2D eigenvalue weighted by Gasteiger charge is 2.28. The van der Waals surface area contributed by atoms with Crippen molar-refractivity contribution in [2.24, 2.45) is 5.73 Å². The number of imide groups is 1. The minimum atomic E-state index is -4.04. The van der Waals surface area contributed by atoms with Gasteiger partial charge in [0.2, 0.25) is 11.8 Å². The van der Waals surface area contributed by atoms with Gasteiger partial charge in [0.05, 0.1) is 27.9 Å². The first-order valence-corrected chi connectivity index (χ1v) is 10.3. The molecule has 3 amide bonds. The third-order valence-electron chi connectivity index (χ3n) is 4.35. The number of ether oxygens (including phenoxy) is 1. The Hall–Kier alpha value is -4.25. The van der Waals surface area contributed by atoms with Crippen LogP contribution in [0.25, 0.3) is 0 Å². The van der Waals surface area contributed by atoms with Gasteiger partial charge in [-0.1, -0.05) is 6.07 Å². The number of nitrogens with zero attached hydrogens (tertiary/aromatic N) is 1. The number of sulfonamides is 1. The molecular weight excluding hydrogens is 424 g/mol. The van der Waals surface area contributed by atoms with Crippen LogP contribution in [-0.4, -0.2) is 31.1 Å². The molecule has 0 unspecified atom stereocenters. The van der Waals surface area contributed by atoms with Crippen LogP contribution in [0, 0.1) is 0 Å². The van der Waals surface area contributed by atoms with Crippen molar-refractivity contribution in [3.8, 4) is 11.6 Å². The van der Waals surface area contributed by atoms with Crippen molar-refractivity contribution >= 4 is 33.4 Å². The second kappa shape index (κ2) is 7.54. The zero-order chi connectivity index (χ0) is 22.2. The number of amides is 3. The van der Waals surface area contributed by atoms with Crippen molar-refractivity contribution in [1.29, 1.82) is 0 Å². The molecule has 156 valence electrons. The van der Waals surface area contributed by atoms with Gasteiger partial charge in [-0.15, -0.1) is 0 Å². The number of rotatable bonds is 6. The smallest absolute Gasteiger partial charge is 0.261 e. The van der Waals surface area contributed by atoms with Gasteiger partial charge < -0.3 is 10.5 Å². The molecule has 1 aromatic heterocycles. The Balaban J connectivity index is 1.51. The lowest BCUT2D eigenvalue weighted by molar-refractivity contribution is 0.0878. The highest BCUT2D eigenvalue weighted by molar-refractivity contribution is 7.92. The summed E-state index contributed by atoms with van der Waals surface area (Å²) in [5.41, 5.74) is 5.77. The Bertz CT molecular complexity index is 1340. The Kier molecular flexibility index (Phi) is 4.87. The van der Waals surface area contributed by atoms with E-state index in [0.29, 0.717) is 5.75 Å². The lowest BCUT2D eigenvalue weighted by Crippen LogP contribution is -2.19. The number of nitrogens with one attached hydrogen (secondary N) is 2. The summed E-state index contributed by atoms with van der Waals surface area (Å²) in [6.45, 7) is 0. The van der Waals surface area contributed by atoms with Gasteiger partial charge in [-0.25, -0.2) is 13.4 Å². The number of carbonyl (C=O) groups is 3. The summed E-state index contributed by atoms with van der Waals surface area (Å²) in [6.07, 6.45) is 1.24. The van der Waals surface area contributed by atoms with Crippen LogP contribution in [0.3, 0.4) is 0 Å². The molecule has 1 aliphatic rings. The van der Waals surface area contributed by atoms with Crippen LogP contribution < -0.4 is 20.5 Å². The van der Waals surface area contributed by atoms with Gasteiger partial charge in [0.25, 0.3) is 21.8 Å². The van der Waals surface area contributed by atoms with Crippen molar-refractivity contribution in [3.63, 3.8) is 0 Å². The molecule has 2 heterocycles. The molecule has 0 saturated carbocycles. The van der Waals surface area contributed by atoms with Crippen LogP contribution in [0.1, 0.15) is 31.1 Å². The summed E-state index contributed by atoms with van der Waals surface area (Å²) in [7, 11) is -4.04. The largest absolute Gasteiger partial charge is 0.439 e. The number of hydrogen-bond acceptors (Lipinski definition) is 7. The van der Waals surface area contributed by atoms with Gasteiger partial charge in [0.1, 0.15) is 5.75 Å². The maximum atomic E-state index is 12.6. The molecule has 0 radical (unpaired) electrons. The molecule has 0 spiro atoms. The number of anilines is 1. The summed E-state index contributed by atoms with van der Waals surface area (Å²) in [6, 6.07) is 12.7. The first-order valence-electron chi connectivity index (χ1n) is 8.79. The summed E-state index contributed by atoms with van der Waals surface area (Å²) >= 11 is 0. The van der Waals surface area contributed by atoms with Crippen LogP contribution in [-0.2, 0) is 10.0 Å². The molecule has 0 fully saturated rings. The van der Waals surface area contributed by atoms with E-state index in [-0.39, 0.29) is 33.2 Å². The molecule has 0 bridgehead atoms. The van der Waals surface area contributed by atoms with E-state index in [1.54, 1.807) is 18.2 Å². The van der Waals surface area contributed by atoms with Crippen LogP contribution >= 0.6 is 0 Å². The summed E-state index contributed by atoms with van der Waals surface area (Å²) in [5.74, 6) is -1.32. The molecule has 4 N–H and O–H groups in total. The van der Waals surface area contributed by atoms with Gasteiger partial charge in [0, 0.05) is 11.6 Å². The minimum absolute atomic E-state index is 0.00654. The fourth-order valence-corrected chi connectivity index (χ4v) is 3.93. The zero-order valence-corrected chi connectivity index (χ0v) is 16.5. The van der Waals surface area contributed by atoms with Gasteiger partial charge in [0.15, 0.2) is 0 Å². The van der Waals surface area contributed by atoms with Crippen molar-refractivity contribution in [3.05, 3.63) is 77.5 Å². The van der Waals surface area contributed by atoms with Crippen LogP contribution in [0.4, 0.5) is 5.69 Å².